The number of benzene rings is 1. The molecule has 1 aromatic carbocycles. The van der Waals surface area contributed by atoms with E-state index in [2.05, 4.69) is 15.6 Å². The number of rotatable bonds is 8. The second-order valence-corrected chi connectivity index (χ2v) is 9.44. The maximum atomic E-state index is 13.3. The standard InChI is InChI=1S/C18H30FN3O2S.HI/c1-6-20-17(21-12-15-7-8-16(19)14(2)11-15)22-13-18(3,4)9-10-25(5,23)24;/h7-8,11H,6,9-10,12-13H2,1-5H3,(H2,20,21,22);1H. The Labute approximate surface area is 174 Å². The molecule has 0 heterocycles. The second-order valence-electron chi connectivity index (χ2n) is 7.18. The van der Waals surface area contributed by atoms with Gasteiger partial charge in [0, 0.05) is 19.3 Å². The molecule has 0 unspecified atom stereocenters. The Kier molecular flexibility index (Phi) is 10.7. The number of guanidine groups is 1. The molecule has 26 heavy (non-hydrogen) atoms. The molecule has 0 radical (unpaired) electrons. The molecule has 0 saturated heterocycles. The molecule has 0 aliphatic rings. The van der Waals surface area contributed by atoms with Gasteiger partial charge in [0.15, 0.2) is 5.96 Å². The maximum absolute atomic E-state index is 13.3. The Morgan fingerprint density at radius 1 is 1.27 bits per heavy atom. The summed E-state index contributed by atoms with van der Waals surface area (Å²) in [7, 11) is -2.96. The van der Waals surface area contributed by atoms with Crippen LogP contribution in [0.25, 0.3) is 0 Å². The molecular weight excluding hydrogens is 468 g/mol. The van der Waals surface area contributed by atoms with Gasteiger partial charge in [-0.05, 0) is 42.9 Å². The number of aryl methyl sites for hydroxylation is 1. The molecule has 0 aliphatic heterocycles. The predicted octanol–water partition coefficient (Wildman–Crippen LogP) is 3.27. The van der Waals surface area contributed by atoms with Crippen molar-refractivity contribution in [2.45, 2.75) is 40.7 Å². The molecular formula is C18H31FIN3O2S. The number of sulfone groups is 1. The largest absolute Gasteiger partial charge is 0.357 e. The molecule has 0 spiro atoms. The van der Waals surface area contributed by atoms with Crippen LogP contribution in [-0.4, -0.2) is 39.5 Å². The van der Waals surface area contributed by atoms with Crippen LogP contribution >= 0.6 is 24.0 Å². The smallest absolute Gasteiger partial charge is 0.191 e. The van der Waals surface area contributed by atoms with Gasteiger partial charge in [0.2, 0.25) is 0 Å². The van der Waals surface area contributed by atoms with Gasteiger partial charge in [-0.15, -0.1) is 24.0 Å². The van der Waals surface area contributed by atoms with Gasteiger partial charge >= 0.3 is 0 Å². The van der Waals surface area contributed by atoms with E-state index in [0.29, 0.717) is 31.0 Å². The predicted molar refractivity (Wildman–Crippen MR) is 117 cm³/mol. The number of aliphatic imine (C=N–C) groups is 1. The van der Waals surface area contributed by atoms with Crippen molar-refractivity contribution >= 4 is 39.8 Å². The summed E-state index contributed by atoms with van der Waals surface area (Å²) >= 11 is 0. The zero-order chi connectivity index (χ0) is 19.1. The monoisotopic (exact) mass is 499 g/mol. The number of hydrogen-bond acceptors (Lipinski definition) is 3. The molecule has 8 heteroatoms. The molecule has 1 rings (SSSR count). The lowest BCUT2D eigenvalue weighted by Crippen LogP contribution is -2.42. The van der Waals surface area contributed by atoms with Gasteiger partial charge in [0.25, 0.3) is 0 Å². The summed E-state index contributed by atoms with van der Waals surface area (Å²) in [5.74, 6) is 0.617. The summed E-state index contributed by atoms with van der Waals surface area (Å²) in [4.78, 5) is 4.52. The quantitative estimate of drug-likeness (QED) is 0.327. The van der Waals surface area contributed by atoms with Gasteiger partial charge < -0.3 is 10.6 Å². The number of nitrogens with one attached hydrogen (secondary N) is 2. The van der Waals surface area contributed by atoms with Crippen LogP contribution in [0.1, 0.15) is 38.3 Å². The van der Waals surface area contributed by atoms with E-state index >= 15 is 0 Å². The van der Waals surface area contributed by atoms with E-state index in [9.17, 15) is 12.8 Å². The van der Waals surface area contributed by atoms with E-state index < -0.39 is 9.84 Å². The van der Waals surface area contributed by atoms with Crippen LogP contribution in [0.15, 0.2) is 23.2 Å². The van der Waals surface area contributed by atoms with Gasteiger partial charge in [0.05, 0.1) is 12.3 Å². The Balaban J connectivity index is 0.00000625. The summed E-state index contributed by atoms with van der Waals surface area (Å²) in [6, 6.07) is 4.97. The minimum atomic E-state index is -2.96. The van der Waals surface area contributed by atoms with Crippen LogP contribution in [0.2, 0.25) is 0 Å². The zero-order valence-electron chi connectivity index (χ0n) is 16.2. The fourth-order valence-corrected chi connectivity index (χ4v) is 3.11. The fraction of sp³-hybridized carbons (Fsp3) is 0.611. The van der Waals surface area contributed by atoms with Gasteiger partial charge in [-0.2, -0.15) is 0 Å². The Hall–Kier alpha value is -0.900. The van der Waals surface area contributed by atoms with Gasteiger partial charge in [-0.3, -0.25) is 0 Å². The van der Waals surface area contributed by atoms with Crippen LogP contribution in [0, 0.1) is 18.2 Å². The van der Waals surface area contributed by atoms with Crippen molar-refractivity contribution in [2.24, 2.45) is 10.4 Å². The first kappa shape index (κ1) is 25.1. The molecule has 5 nitrogen and oxygen atoms in total. The fourth-order valence-electron chi connectivity index (χ4n) is 2.19. The number of halogens is 2. The van der Waals surface area contributed by atoms with Crippen LogP contribution in [-0.2, 0) is 16.4 Å². The molecule has 0 bridgehead atoms. The van der Waals surface area contributed by atoms with Crippen molar-refractivity contribution < 1.29 is 12.8 Å². The summed E-state index contributed by atoms with van der Waals surface area (Å²) in [5, 5.41) is 6.43. The Morgan fingerprint density at radius 2 is 1.92 bits per heavy atom. The topological polar surface area (TPSA) is 70.6 Å². The first-order valence-corrected chi connectivity index (χ1v) is 10.5. The third-order valence-corrected chi connectivity index (χ3v) is 4.82. The van der Waals surface area contributed by atoms with Gasteiger partial charge in [-0.25, -0.2) is 17.8 Å². The Bertz CT molecular complexity index is 706. The number of nitrogens with zero attached hydrogens (tertiary/aromatic N) is 1. The first-order valence-electron chi connectivity index (χ1n) is 8.47. The lowest BCUT2D eigenvalue weighted by molar-refractivity contribution is 0.348. The number of hydrogen-bond donors (Lipinski definition) is 2. The second kappa shape index (κ2) is 11.1. The summed E-state index contributed by atoms with van der Waals surface area (Å²) in [6.07, 6.45) is 1.84. The first-order chi connectivity index (χ1) is 11.5. The lowest BCUT2D eigenvalue weighted by atomic mass is 9.90. The molecule has 1 aromatic rings. The molecule has 0 fully saturated rings. The average molecular weight is 499 g/mol. The van der Waals surface area contributed by atoms with E-state index in [1.807, 2.05) is 20.8 Å². The lowest BCUT2D eigenvalue weighted by Gasteiger charge is -2.25. The van der Waals surface area contributed by atoms with Crippen molar-refractivity contribution in [3.8, 4) is 0 Å². The summed E-state index contributed by atoms with van der Waals surface area (Å²) in [5.41, 5.74) is 1.37. The van der Waals surface area contributed by atoms with E-state index in [1.165, 1.54) is 12.3 Å². The van der Waals surface area contributed by atoms with Crippen LogP contribution in [0.3, 0.4) is 0 Å². The highest BCUT2D eigenvalue weighted by Gasteiger charge is 2.20. The third kappa shape index (κ3) is 10.3. The highest BCUT2D eigenvalue weighted by Crippen LogP contribution is 2.19. The molecule has 0 amide bonds. The third-order valence-electron chi connectivity index (χ3n) is 3.87. The van der Waals surface area contributed by atoms with Crippen molar-refractivity contribution in [2.75, 3.05) is 25.1 Å². The van der Waals surface area contributed by atoms with Crippen molar-refractivity contribution in [1.29, 1.82) is 0 Å². The molecule has 0 atom stereocenters. The van der Waals surface area contributed by atoms with Crippen LogP contribution < -0.4 is 10.6 Å². The highest BCUT2D eigenvalue weighted by molar-refractivity contribution is 14.0. The van der Waals surface area contributed by atoms with Gasteiger partial charge in [-0.1, -0.05) is 26.0 Å². The molecule has 0 aromatic heterocycles. The molecule has 150 valence electrons. The molecule has 0 saturated carbocycles. The molecule has 2 N–H and O–H groups in total. The average Bonchev–Trinajstić information content (AvgIpc) is 2.51. The summed E-state index contributed by atoms with van der Waals surface area (Å²) in [6.45, 7) is 9.54. The maximum Gasteiger partial charge on any atom is 0.191 e. The highest BCUT2D eigenvalue weighted by atomic mass is 127. The van der Waals surface area contributed by atoms with Gasteiger partial charge in [0.1, 0.15) is 15.7 Å². The van der Waals surface area contributed by atoms with Crippen LogP contribution in [0.5, 0.6) is 0 Å². The Morgan fingerprint density at radius 3 is 2.46 bits per heavy atom. The van der Waals surface area contributed by atoms with Crippen LogP contribution in [0.4, 0.5) is 4.39 Å². The van der Waals surface area contributed by atoms with E-state index in [0.717, 1.165) is 12.1 Å². The van der Waals surface area contributed by atoms with Crippen molar-refractivity contribution in [3.05, 3.63) is 35.1 Å². The zero-order valence-corrected chi connectivity index (χ0v) is 19.4. The van der Waals surface area contributed by atoms with Crippen molar-refractivity contribution in [1.82, 2.24) is 10.6 Å². The SMILES string of the molecule is CCNC(=NCc1ccc(F)c(C)c1)NCC(C)(C)CCS(C)(=O)=O.I. The minimum Gasteiger partial charge on any atom is -0.357 e. The summed E-state index contributed by atoms with van der Waals surface area (Å²) < 4.78 is 36.0. The molecule has 0 aliphatic carbocycles. The van der Waals surface area contributed by atoms with E-state index in [1.54, 1.807) is 19.1 Å². The van der Waals surface area contributed by atoms with E-state index in [4.69, 9.17) is 0 Å². The normalized spacial score (nSPS) is 12.5. The minimum absolute atomic E-state index is 0. The van der Waals surface area contributed by atoms with Crippen molar-refractivity contribution in [3.63, 3.8) is 0 Å². The van der Waals surface area contributed by atoms with E-state index in [-0.39, 0.29) is 41.0 Å².